The fraction of sp³-hybridized carbons (Fsp3) is 0.569. The topological polar surface area (TPSA) is 78.9 Å². The van der Waals surface area contributed by atoms with E-state index in [1.165, 1.54) is 32.1 Å². The molecule has 0 N–H and O–H groups in total. The first-order chi connectivity index (χ1) is 38.5. The third-order valence-electron chi connectivity index (χ3n) is 12.5. The molecule has 0 amide bonds. The maximum Gasteiger partial charge on any atom is 0.306 e. The van der Waals surface area contributed by atoms with Gasteiger partial charge in [0.1, 0.15) is 13.2 Å². The maximum atomic E-state index is 12.8. The Kier molecular flexibility index (Phi) is 60.0. The van der Waals surface area contributed by atoms with Gasteiger partial charge in [-0.05, 0) is 135 Å². The van der Waals surface area contributed by atoms with Gasteiger partial charge in [0.15, 0.2) is 6.10 Å². The van der Waals surface area contributed by atoms with Crippen LogP contribution in [0.4, 0.5) is 0 Å². The Hall–Kier alpha value is -5.23. The summed E-state index contributed by atoms with van der Waals surface area (Å²) in [6, 6.07) is 0. The van der Waals surface area contributed by atoms with Crippen LogP contribution in [-0.2, 0) is 28.6 Å². The molecular weight excluding hydrogens is 961 g/mol. The molecule has 0 aliphatic rings. The van der Waals surface area contributed by atoms with E-state index in [0.29, 0.717) is 19.3 Å². The van der Waals surface area contributed by atoms with Gasteiger partial charge in [0.05, 0.1) is 0 Å². The molecule has 0 aromatic carbocycles. The van der Waals surface area contributed by atoms with Crippen LogP contribution in [0.3, 0.4) is 0 Å². The Morgan fingerprint density at radius 3 is 0.795 bits per heavy atom. The van der Waals surface area contributed by atoms with Crippen molar-refractivity contribution in [3.63, 3.8) is 0 Å². The molecular formula is C72H112O6. The summed E-state index contributed by atoms with van der Waals surface area (Å²) in [4.78, 5) is 38.1. The third kappa shape index (κ3) is 61.6. The molecule has 78 heavy (non-hydrogen) atoms. The van der Waals surface area contributed by atoms with Crippen molar-refractivity contribution in [1.29, 1.82) is 0 Å². The Morgan fingerprint density at radius 1 is 0.269 bits per heavy atom. The van der Waals surface area contributed by atoms with Gasteiger partial charge in [-0.2, -0.15) is 0 Å². The Bertz CT molecular complexity index is 1810. The van der Waals surface area contributed by atoms with Crippen LogP contribution in [-0.4, -0.2) is 37.2 Å². The van der Waals surface area contributed by atoms with Crippen LogP contribution in [0.1, 0.15) is 245 Å². The number of unbranched alkanes of at least 4 members (excludes halogenated alkanes) is 15. The van der Waals surface area contributed by atoms with Crippen LogP contribution in [0.2, 0.25) is 0 Å². The first-order valence-electron chi connectivity index (χ1n) is 31.1. The van der Waals surface area contributed by atoms with Crippen molar-refractivity contribution in [3.05, 3.63) is 170 Å². The van der Waals surface area contributed by atoms with Crippen molar-refractivity contribution >= 4 is 17.9 Å². The van der Waals surface area contributed by atoms with Gasteiger partial charge in [-0.3, -0.25) is 14.4 Å². The molecule has 6 nitrogen and oxygen atoms in total. The molecule has 0 spiro atoms. The van der Waals surface area contributed by atoms with E-state index in [9.17, 15) is 14.4 Å². The fourth-order valence-electron chi connectivity index (χ4n) is 7.87. The molecule has 0 aromatic heterocycles. The second kappa shape index (κ2) is 64.3. The predicted octanol–water partition coefficient (Wildman–Crippen LogP) is 21.5. The van der Waals surface area contributed by atoms with Gasteiger partial charge in [0.2, 0.25) is 0 Å². The van der Waals surface area contributed by atoms with E-state index in [1.807, 2.05) is 0 Å². The lowest BCUT2D eigenvalue weighted by atomic mass is 10.1. The summed E-state index contributed by atoms with van der Waals surface area (Å²) in [5.41, 5.74) is 0. The predicted molar refractivity (Wildman–Crippen MR) is 338 cm³/mol. The second-order valence-corrected chi connectivity index (χ2v) is 19.9. The molecule has 0 radical (unpaired) electrons. The van der Waals surface area contributed by atoms with E-state index < -0.39 is 6.10 Å². The lowest BCUT2D eigenvalue weighted by Gasteiger charge is -2.18. The molecule has 1 atom stereocenters. The lowest BCUT2D eigenvalue weighted by Crippen LogP contribution is -2.30. The third-order valence-corrected chi connectivity index (χ3v) is 12.5. The lowest BCUT2D eigenvalue weighted by molar-refractivity contribution is -0.167. The second-order valence-electron chi connectivity index (χ2n) is 19.9. The molecule has 0 saturated heterocycles. The van der Waals surface area contributed by atoms with E-state index >= 15 is 0 Å². The molecule has 0 saturated carbocycles. The normalized spacial score (nSPS) is 13.3. The molecule has 0 aliphatic heterocycles. The number of rotatable bonds is 54. The summed E-state index contributed by atoms with van der Waals surface area (Å²) in [6.45, 7) is 6.32. The number of hydrogen-bond donors (Lipinski definition) is 0. The van der Waals surface area contributed by atoms with Crippen molar-refractivity contribution in [2.24, 2.45) is 0 Å². The molecule has 0 aliphatic carbocycles. The minimum atomic E-state index is -0.810. The number of hydrogen-bond acceptors (Lipinski definition) is 6. The van der Waals surface area contributed by atoms with Crippen LogP contribution in [0.5, 0.6) is 0 Å². The summed E-state index contributed by atoms with van der Waals surface area (Å²) in [5.74, 6) is -0.969. The van der Waals surface area contributed by atoms with E-state index in [2.05, 4.69) is 191 Å². The van der Waals surface area contributed by atoms with E-state index in [1.54, 1.807) is 0 Å². The van der Waals surface area contributed by atoms with Gasteiger partial charge < -0.3 is 14.2 Å². The Balaban J connectivity index is 4.30. The molecule has 6 heteroatoms. The quantitative estimate of drug-likeness (QED) is 0.0261. The number of esters is 3. The number of carbonyl (C=O) groups is 3. The number of allylic oxidation sites excluding steroid dienone is 28. The van der Waals surface area contributed by atoms with Crippen molar-refractivity contribution in [2.75, 3.05) is 13.2 Å². The molecule has 0 bridgehead atoms. The highest BCUT2D eigenvalue weighted by molar-refractivity contribution is 5.71. The van der Waals surface area contributed by atoms with Crippen LogP contribution in [0, 0.1) is 0 Å². The van der Waals surface area contributed by atoms with Gasteiger partial charge in [-0.25, -0.2) is 0 Å². The summed E-state index contributed by atoms with van der Waals surface area (Å²) >= 11 is 0. The average Bonchev–Trinajstić information content (AvgIpc) is 3.44. The summed E-state index contributed by atoms with van der Waals surface area (Å²) in [5, 5.41) is 0. The standard InChI is InChI=1S/C72H112O6/c1-4-7-10-13-16-19-21-23-25-27-29-30-31-32-33-34-35-36-37-38-39-40-41-42-44-45-47-49-51-53-56-59-62-65-71(74)77-68-69(67-76-70(73)64-61-58-55-18-15-12-9-6-3)78-72(75)66-63-60-57-54-52-50-48-46-43-28-26-24-22-20-17-14-11-8-5-2/h7-8,10-11,16-17,19-20,23-26,29-30,32-33,35-36,38-39,41-43,45-47,50,52,69H,4-6,9,12-15,18,21-22,27-28,31,34,37,40,44,48-49,51,53-68H2,1-3H3/b10-7-,11-8-,19-16-,20-17-,25-23-,26-24-,30-29-,33-32-,36-35-,39-38-,42-41-,46-43-,47-45-,52-50-. The number of ether oxygens (including phenoxy) is 3. The van der Waals surface area contributed by atoms with Crippen molar-refractivity contribution in [1.82, 2.24) is 0 Å². The summed E-state index contributed by atoms with van der Waals surface area (Å²) < 4.78 is 16.8. The van der Waals surface area contributed by atoms with Crippen molar-refractivity contribution in [2.45, 2.75) is 252 Å². The Morgan fingerprint density at radius 2 is 0.500 bits per heavy atom. The van der Waals surface area contributed by atoms with Gasteiger partial charge in [-0.15, -0.1) is 0 Å². The summed E-state index contributed by atoms with van der Waals surface area (Å²) in [7, 11) is 0. The molecule has 0 rings (SSSR count). The fourth-order valence-corrected chi connectivity index (χ4v) is 7.87. The van der Waals surface area contributed by atoms with Crippen LogP contribution >= 0.6 is 0 Å². The Labute approximate surface area is 479 Å². The molecule has 0 fully saturated rings. The largest absolute Gasteiger partial charge is 0.462 e. The van der Waals surface area contributed by atoms with Gasteiger partial charge >= 0.3 is 17.9 Å². The first-order valence-corrected chi connectivity index (χ1v) is 31.1. The van der Waals surface area contributed by atoms with Gasteiger partial charge in [0, 0.05) is 19.3 Å². The van der Waals surface area contributed by atoms with Crippen LogP contribution in [0.25, 0.3) is 0 Å². The zero-order valence-electron chi connectivity index (χ0n) is 49.9. The summed E-state index contributed by atoms with van der Waals surface area (Å²) in [6.07, 6.45) is 95.1. The van der Waals surface area contributed by atoms with Gasteiger partial charge in [-0.1, -0.05) is 262 Å². The maximum absolute atomic E-state index is 12.8. The van der Waals surface area contributed by atoms with Gasteiger partial charge in [0.25, 0.3) is 0 Å². The van der Waals surface area contributed by atoms with Crippen LogP contribution in [0.15, 0.2) is 170 Å². The smallest absolute Gasteiger partial charge is 0.306 e. The minimum Gasteiger partial charge on any atom is -0.462 e. The molecule has 0 aromatic rings. The number of carbonyl (C=O) groups excluding carboxylic acids is 3. The van der Waals surface area contributed by atoms with E-state index in [-0.39, 0.29) is 37.5 Å². The molecule has 0 heterocycles. The zero-order valence-corrected chi connectivity index (χ0v) is 49.9. The highest BCUT2D eigenvalue weighted by Crippen LogP contribution is 2.13. The van der Waals surface area contributed by atoms with E-state index in [4.69, 9.17) is 14.2 Å². The van der Waals surface area contributed by atoms with E-state index in [0.717, 1.165) is 167 Å². The van der Waals surface area contributed by atoms with Crippen LogP contribution < -0.4 is 0 Å². The molecule has 436 valence electrons. The highest BCUT2D eigenvalue weighted by atomic mass is 16.6. The van der Waals surface area contributed by atoms with Crippen molar-refractivity contribution in [3.8, 4) is 0 Å². The van der Waals surface area contributed by atoms with Crippen molar-refractivity contribution < 1.29 is 28.6 Å². The SMILES string of the molecule is CC/C=C\C/C=C\C/C=C\C/C=C\C/C=C\C/C=C\C/C=C\C/C=C\C/C=C\CCCCCCCC(=O)OCC(COC(=O)CCCCCCCCCC)OC(=O)CCCCC/C=C\C/C=C\C/C=C\C/C=C\C/C=C\CC. The monoisotopic (exact) mass is 1070 g/mol. The first kappa shape index (κ1) is 72.8. The average molecular weight is 1070 g/mol. The minimum absolute atomic E-state index is 0.104. The zero-order chi connectivity index (χ0) is 56.4. The highest BCUT2D eigenvalue weighted by Gasteiger charge is 2.19. The molecule has 1 unspecified atom stereocenters.